The van der Waals surface area contributed by atoms with Crippen molar-refractivity contribution >= 4 is 15.9 Å². The molecular weight excluding hydrogens is 328 g/mol. The molecule has 0 atom stereocenters. The summed E-state index contributed by atoms with van der Waals surface area (Å²) in [5.74, 6) is -0.915. The number of hydrogen-bond acceptors (Lipinski definition) is 2. The highest BCUT2D eigenvalue weighted by Gasteiger charge is 2.38. The van der Waals surface area contributed by atoms with Gasteiger partial charge in [-0.3, -0.25) is 0 Å². The van der Waals surface area contributed by atoms with Crippen LogP contribution in [0.1, 0.15) is 24.8 Å². The average Bonchev–Trinajstić information content (AvgIpc) is 2.40. The number of ether oxygens (including phenoxy) is 1. The SMILES string of the molecule is COCCNCC1(Cc2c(F)ccc(Br)c2F)CCC1. The predicted molar refractivity (Wildman–Crippen MR) is 78.8 cm³/mol. The van der Waals surface area contributed by atoms with Gasteiger partial charge in [0.25, 0.3) is 0 Å². The van der Waals surface area contributed by atoms with Crippen LogP contribution in [0.4, 0.5) is 8.78 Å². The number of benzene rings is 1. The summed E-state index contributed by atoms with van der Waals surface area (Å²) in [4.78, 5) is 0. The minimum atomic E-state index is -0.465. The van der Waals surface area contributed by atoms with Crippen LogP contribution >= 0.6 is 15.9 Å². The fourth-order valence-electron chi connectivity index (χ4n) is 2.73. The Morgan fingerprint density at radius 1 is 1.35 bits per heavy atom. The highest BCUT2D eigenvalue weighted by atomic mass is 79.9. The van der Waals surface area contributed by atoms with Crippen LogP contribution in [0.5, 0.6) is 0 Å². The lowest BCUT2D eigenvalue weighted by Crippen LogP contribution is -2.42. The summed E-state index contributed by atoms with van der Waals surface area (Å²) in [7, 11) is 1.66. The number of hydrogen-bond donors (Lipinski definition) is 1. The standard InChI is InChI=1S/C15H20BrF2NO/c1-20-8-7-19-10-15(5-2-6-15)9-11-13(17)4-3-12(16)14(11)18/h3-4,19H,2,5-10H2,1H3. The quantitative estimate of drug-likeness (QED) is 0.600. The molecule has 0 saturated heterocycles. The fourth-order valence-corrected chi connectivity index (χ4v) is 3.10. The Hall–Kier alpha value is -0.520. The largest absolute Gasteiger partial charge is 0.383 e. The molecule has 1 saturated carbocycles. The maximum atomic E-state index is 14.1. The van der Waals surface area contributed by atoms with Crippen molar-refractivity contribution in [3.63, 3.8) is 0 Å². The van der Waals surface area contributed by atoms with Gasteiger partial charge in [0, 0.05) is 25.8 Å². The fraction of sp³-hybridized carbons (Fsp3) is 0.600. The van der Waals surface area contributed by atoms with E-state index in [0.717, 1.165) is 32.4 Å². The van der Waals surface area contributed by atoms with Gasteiger partial charge in [0.1, 0.15) is 11.6 Å². The highest BCUT2D eigenvalue weighted by molar-refractivity contribution is 9.10. The Bertz CT molecular complexity index is 463. The summed E-state index contributed by atoms with van der Waals surface area (Å²) in [6, 6.07) is 2.74. The van der Waals surface area contributed by atoms with E-state index in [9.17, 15) is 8.78 Å². The summed E-state index contributed by atoms with van der Waals surface area (Å²) in [6.45, 7) is 2.19. The third kappa shape index (κ3) is 3.57. The third-order valence-corrected chi connectivity index (χ3v) is 4.70. The zero-order valence-corrected chi connectivity index (χ0v) is 13.2. The van der Waals surface area contributed by atoms with Crippen molar-refractivity contribution in [1.82, 2.24) is 5.32 Å². The van der Waals surface area contributed by atoms with E-state index in [1.165, 1.54) is 12.1 Å². The average molecular weight is 348 g/mol. The van der Waals surface area contributed by atoms with E-state index >= 15 is 0 Å². The summed E-state index contributed by atoms with van der Waals surface area (Å²) in [5, 5.41) is 3.32. The van der Waals surface area contributed by atoms with Crippen molar-refractivity contribution < 1.29 is 13.5 Å². The molecule has 0 spiro atoms. The van der Waals surface area contributed by atoms with E-state index < -0.39 is 11.6 Å². The lowest BCUT2D eigenvalue weighted by atomic mass is 9.65. The van der Waals surface area contributed by atoms with Crippen molar-refractivity contribution in [2.24, 2.45) is 5.41 Å². The van der Waals surface area contributed by atoms with E-state index in [0.29, 0.717) is 17.5 Å². The molecule has 0 unspecified atom stereocenters. The molecule has 1 fully saturated rings. The molecule has 0 heterocycles. The van der Waals surface area contributed by atoms with E-state index in [-0.39, 0.29) is 11.0 Å². The molecule has 1 aromatic carbocycles. The van der Waals surface area contributed by atoms with Crippen molar-refractivity contribution in [3.8, 4) is 0 Å². The van der Waals surface area contributed by atoms with Gasteiger partial charge < -0.3 is 10.1 Å². The van der Waals surface area contributed by atoms with E-state index in [2.05, 4.69) is 21.2 Å². The minimum Gasteiger partial charge on any atom is -0.383 e. The van der Waals surface area contributed by atoms with Gasteiger partial charge in [-0.05, 0) is 52.7 Å². The summed E-state index contributed by atoms with van der Waals surface area (Å²) in [6.07, 6.45) is 3.60. The predicted octanol–water partition coefficient (Wildman–Crippen LogP) is 3.68. The topological polar surface area (TPSA) is 21.3 Å². The smallest absolute Gasteiger partial charge is 0.143 e. The molecule has 2 nitrogen and oxygen atoms in total. The van der Waals surface area contributed by atoms with Gasteiger partial charge >= 0.3 is 0 Å². The number of nitrogens with one attached hydrogen (secondary N) is 1. The first kappa shape index (κ1) is 15.9. The summed E-state index contributed by atoms with van der Waals surface area (Å²) in [5.41, 5.74) is 0.184. The normalized spacial score (nSPS) is 17.0. The molecule has 0 radical (unpaired) electrons. The van der Waals surface area contributed by atoms with E-state index in [1.54, 1.807) is 7.11 Å². The molecule has 2 rings (SSSR count). The molecule has 20 heavy (non-hydrogen) atoms. The monoisotopic (exact) mass is 347 g/mol. The molecular formula is C15H20BrF2NO. The van der Waals surface area contributed by atoms with Crippen LogP contribution < -0.4 is 5.32 Å². The Balaban J connectivity index is 2.04. The van der Waals surface area contributed by atoms with Crippen LogP contribution in [0.2, 0.25) is 0 Å². The lowest BCUT2D eigenvalue weighted by Gasteiger charge is -2.42. The third-order valence-electron chi connectivity index (χ3n) is 4.09. The second-order valence-electron chi connectivity index (χ2n) is 5.52. The second-order valence-corrected chi connectivity index (χ2v) is 6.38. The molecule has 1 aromatic rings. The van der Waals surface area contributed by atoms with Crippen LogP contribution in [0.15, 0.2) is 16.6 Å². The van der Waals surface area contributed by atoms with Gasteiger partial charge in [-0.15, -0.1) is 0 Å². The molecule has 0 bridgehead atoms. The summed E-state index contributed by atoms with van der Waals surface area (Å²) >= 11 is 3.13. The van der Waals surface area contributed by atoms with Gasteiger partial charge in [-0.25, -0.2) is 8.78 Å². The molecule has 0 aliphatic heterocycles. The van der Waals surface area contributed by atoms with E-state index in [4.69, 9.17) is 4.74 Å². The Kier molecular flexibility index (Phi) is 5.52. The van der Waals surface area contributed by atoms with Gasteiger partial charge in [-0.1, -0.05) is 6.42 Å². The molecule has 1 aliphatic rings. The molecule has 1 N–H and O–H groups in total. The Labute approximate surface area is 127 Å². The van der Waals surface area contributed by atoms with Crippen LogP contribution in [0.25, 0.3) is 0 Å². The Morgan fingerprint density at radius 2 is 2.10 bits per heavy atom. The van der Waals surface area contributed by atoms with Crippen molar-refractivity contribution in [2.45, 2.75) is 25.7 Å². The maximum Gasteiger partial charge on any atom is 0.143 e. The first-order valence-corrected chi connectivity index (χ1v) is 7.69. The van der Waals surface area contributed by atoms with Crippen molar-refractivity contribution in [1.29, 1.82) is 0 Å². The zero-order valence-electron chi connectivity index (χ0n) is 11.6. The lowest BCUT2D eigenvalue weighted by molar-refractivity contribution is 0.120. The molecule has 1 aliphatic carbocycles. The van der Waals surface area contributed by atoms with Crippen molar-refractivity contribution in [3.05, 3.63) is 33.8 Å². The van der Waals surface area contributed by atoms with Gasteiger partial charge in [0.2, 0.25) is 0 Å². The van der Waals surface area contributed by atoms with Gasteiger partial charge in [-0.2, -0.15) is 0 Å². The molecule has 0 amide bonds. The minimum absolute atomic E-state index is 0.0176. The van der Waals surface area contributed by atoms with Gasteiger partial charge in [0.05, 0.1) is 11.1 Å². The zero-order chi connectivity index (χ0) is 14.6. The Morgan fingerprint density at radius 3 is 2.70 bits per heavy atom. The first-order chi connectivity index (χ1) is 9.58. The van der Waals surface area contributed by atoms with Crippen LogP contribution in [0, 0.1) is 17.0 Å². The number of halogens is 3. The van der Waals surface area contributed by atoms with Crippen LogP contribution in [0.3, 0.4) is 0 Å². The maximum absolute atomic E-state index is 14.1. The number of methoxy groups -OCH3 is 1. The van der Waals surface area contributed by atoms with E-state index in [1.807, 2.05) is 0 Å². The second kappa shape index (κ2) is 6.96. The summed E-state index contributed by atoms with van der Waals surface area (Å²) < 4.78 is 33.3. The molecule has 0 aromatic heterocycles. The number of rotatable bonds is 7. The molecule has 112 valence electrons. The first-order valence-electron chi connectivity index (χ1n) is 6.90. The van der Waals surface area contributed by atoms with Gasteiger partial charge in [0.15, 0.2) is 0 Å². The van der Waals surface area contributed by atoms with Crippen LogP contribution in [-0.2, 0) is 11.2 Å². The van der Waals surface area contributed by atoms with Crippen molar-refractivity contribution in [2.75, 3.05) is 26.8 Å². The molecule has 5 heteroatoms. The van der Waals surface area contributed by atoms with Crippen LogP contribution in [-0.4, -0.2) is 26.8 Å². The highest BCUT2D eigenvalue weighted by Crippen LogP contribution is 2.44.